The van der Waals surface area contributed by atoms with Crippen LogP contribution in [-0.2, 0) is 22.4 Å². The molecule has 7 heteroatoms. The zero-order chi connectivity index (χ0) is 16.5. The third kappa shape index (κ3) is 3.92. The second-order valence-corrected chi connectivity index (χ2v) is 8.94. The first-order chi connectivity index (χ1) is 10.2. The van der Waals surface area contributed by atoms with Crippen LogP contribution in [-0.4, -0.2) is 35.7 Å². The number of fused-ring (bicyclic) bond motifs is 1. The van der Waals surface area contributed by atoms with Gasteiger partial charge in [0.2, 0.25) is 0 Å². The summed E-state index contributed by atoms with van der Waals surface area (Å²) in [6.45, 7) is 8.77. The Kier molecular flexibility index (Phi) is 5.37. The van der Waals surface area contributed by atoms with E-state index in [4.69, 9.17) is 9.47 Å². The van der Waals surface area contributed by atoms with Gasteiger partial charge in [-0.1, -0.05) is 0 Å². The molecule has 0 spiro atoms. The molecule has 0 saturated heterocycles. The van der Waals surface area contributed by atoms with Crippen LogP contribution in [0.5, 0.6) is 0 Å². The second kappa shape index (κ2) is 6.74. The van der Waals surface area contributed by atoms with E-state index in [2.05, 4.69) is 22.6 Å². The number of ether oxygens (including phenoxy) is 2. The van der Waals surface area contributed by atoms with Crippen molar-refractivity contribution >= 4 is 46.0 Å². The molecule has 0 N–H and O–H groups in total. The summed E-state index contributed by atoms with van der Waals surface area (Å²) in [5.74, 6) is -0.268. The Morgan fingerprint density at radius 2 is 2.05 bits per heavy atom. The SMILES string of the molecule is CCOC(=O)c1c(I)sc2c1CCN(C(=O)OC(C)(C)C)C2. The molecule has 0 aromatic carbocycles. The molecule has 0 fully saturated rings. The minimum Gasteiger partial charge on any atom is -0.462 e. The van der Waals surface area contributed by atoms with Crippen molar-refractivity contribution in [2.45, 2.75) is 46.3 Å². The van der Waals surface area contributed by atoms with Gasteiger partial charge in [0.05, 0.1) is 21.6 Å². The number of carbonyl (C=O) groups excluding carboxylic acids is 2. The number of hydrogen-bond acceptors (Lipinski definition) is 5. The van der Waals surface area contributed by atoms with Crippen LogP contribution in [0.15, 0.2) is 0 Å². The van der Waals surface area contributed by atoms with Gasteiger partial charge >= 0.3 is 12.1 Å². The highest BCUT2D eigenvalue weighted by Crippen LogP contribution is 2.35. The minimum atomic E-state index is -0.503. The number of hydrogen-bond donors (Lipinski definition) is 0. The summed E-state index contributed by atoms with van der Waals surface area (Å²) in [5.41, 5.74) is 1.19. The number of rotatable bonds is 2. The Bertz CT molecular complexity index is 591. The van der Waals surface area contributed by atoms with Crippen LogP contribution in [0.2, 0.25) is 0 Å². The molecule has 5 nitrogen and oxygen atoms in total. The van der Waals surface area contributed by atoms with Crippen molar-refractivity contribution in [2.75, 3.05) is 13.2 Å². The summed E-state index contributed by atoms with van der Waals surface area (Å²) in [6.07, 6.45) is 0.349. The first kappa shape index (κ1) is 17.5. The summed E-state index contributed by atoms with van der Waals surface area (Å²) in [7, 11) is 0. The zero-order valence-electron chi connectivity index (χ0n) is 13.2. The Hall–Kier alpha value is -0.830. The molecule has 0 unspecified atom stereocenters. The molecule has 1 aliphatic rings. The van der Waals surface area contributed by atoms with E-state index in [0.29, 0.717) is 31.7 Å². The van der Waals surface area contributed by atoms with E-state index in [1.165, 1.54) is 0 Å². The van der Waals surface area contributed by atoms with Gasteiger partial charge in [0.15, 0.2) is 0 Å². The van der Waals surface area contributed by atoms with Crippen LogP contribution in [0.25, 0.3) is 0 Å². The van der Waals surface area contributed by atoms with Crippen molar-refractivity contribution in [3.8, 4) is 0 Å². The van der Waals surface area contributed by atoms with Gasteiger partial charge in [-0.25, -0.2) is 9.59 Å². The number of esters is 1. The summed E-state index contributed by atoms with van der Waals surface area (Å²) < 4.78 is 11.5. The highest BCUT2D eigenvalue weighted by atomic mass is 127. The second-order valence-electron chi connectivity index (χ2n) is 6.02. The van der Waals surface area contributed by atoms with Gasteiger partial charge in [-0.05, 0) is 62.3 Å². The number of carbonyl (C=O) groups is 2. The Balaban J connectivity index is 2.17. The van der Waals surface area contributed by atoms with E-state index in [-0.39, 0.29) is 12.1 Å². The fourth-order valence-electron chi connectivity index (χ4n) is 2.26. The van der Waals surface area contributed by atoms with Gasteiger partial charge in [0, 0.05) is 11.4 Å². The van der Waals surface area contributed by atoms with E-state index in [1.807, 2.05) is 20.8 Å². The van der Waals surface area contributed by atoms with Gasteiger partial charge in [-0.2, -0.15) is 0 Å². The van der Waals surface area contributed by atoms with Crippen molar-refractivity contribution in [3.05, 3.63) is 18.9 Å². The van der Waals surface area contributed by atoms with Crippen molar-refractivity contribution < 1.29 is 19.1 Å². The van der Waals surface area contributed by atoms with Crippen molar-refractivity contribution in [1.82, 2.24) is 4.90 Å². The van der Waals surface area contributed by atoms with Crippen LogP contribution in [0.4, 0.5) is 4.79 Å². The van der Waals surface area contributed by atoms with Gasteiger partial charge in [-0.3, -0.25) is 0 Å². The molecule has 0 saturated carbocycles. The number of halogens is 1. The average molecular weight is 437 g/mol. The quantitative estimate of drug-likeness (QED) is 0.522. The lowest BCUT2D eigenvalue weighted by molar-refractivity contribution is 0.0226. The fourth-order valence-corrected chi connectivity index (χ4v) is 4.67. The van der Waals surface area contributed by atoms with Crippen LogP contribution in [0.1, 0.15) is 48.5 Å². The molecule has 1 aromatic rings. The molecular weight excluding hydrogens is 417 g/mol. The summed E-state index contributed by atoms with van der Waals surface area (Å²) in [6, 6.07) is 0. The van der Waals surface area contributed by atoms with Gasteiger partial charge in [0.1, 0.15) is 5.60 Å². The molecule has 1 amide bonds. The van der Waals surface area contributed by atoms with Crippen molar-refractivity contribution in [2.24, 2.45) is 0 Å². The number of nitrogens with zero attached hydrogens (tertiary/aromatic N) is 1. The van der Waals surface area contributed by atoms with Crippen LogP contribution < -0.4 is 0 Å². The lowest BCUT2D eigenvalue weighted by Crippen LogP contribution is -2.39. The van der Waals surface area contributed by atoms with E-state index in [0.717, 1.165) is 13.3 Å². The van der Waals surface area contributed by atoms with E-state index < -0.39 is 5.60 Å². The monoisotopic (exact) mass is 437 g/mol. The molecule has 1 aliphatic heterocycles. The maximum Gasteiger partial charge on any atom is 0.410 e. The lowest BCUT2D eigenvalue weighted by atomic mass is 10.0. The molecule has 22 heavy (non-hydrogen) atoms. The summed E-state index contributed by atoms with van der Waals surface area (Å²) in [4.78, 5) is 27.0. The van der Waals surface area contributed by atoms with Gasteiger partial charge in [0.25, 0.3) is 0 Å². The number of amides is 1. The molecular formula is C15H20INO4S. The van der Waals surface area contributed by atoms with Gasteiger partial charge < -0.3 is 14.4 Å². The Labute approximate surface area is 148 Å². The summed E-state index contributed by atoms with van der Waals surface area (Å²) >= 11 is 3.71. The largest absolute Gasteiger partial charge is 0.462 e. The molecule has 0 radical (unpaired) electrons. The topological polar surface area (TPSA) is 55.8 Å². The highest BCUT2D eigenvalue weighted by molar-refractivity contribution is 14.1. The zero-order valence-corrected chi connectivity index (χ0v) is 16.2. The molecule has 1 aromatic heterocycles. The Morgan fingerprint density at radius 1 is 1.36 bits per heavy atom. The highest BCUT2D eigenvalue weighted by Gasteiger charge is 2.31. The minimum absolute atomic E-state index is 0.268. The maximum absolute atomic E-state index is 12.2. The summed E-state index contributed by atoms with van der Waals surface area (Å²) in [5, 5.41) is 0. The maximum atomic E-state index is 12.2. The van der Waals surface area contributed by atoms with E-state index in [1.54, 1.807) is 23.2 Å². The standard InChI is InChI=1S/C15H20INO4S/c1-5-20-13(18)11-9-6-7-17(8-10(9)22-12(11)16)14(19)21-15(2,3)4/h5-8H2,1-4H3. The van der Waals surface area contributed by atoms with Crippen molar-refractivity contribution in [3.63, 3.8) is 0 Å². The molecule has 0 atom stereocenters. The van der Waals surface area contributed by atoms with Crippen LogP contribution >= 0.6 is 33.9 Å². The van der Waals surface area contributed by atoms with Crippen LogP contribution in [0, 0.1) is 2.88 Å². The van der Waals surface area contributed by atoms with Gasteiger partial charge in [-0.15, -0.1) is 11.3 Å². The average Bonchev–Trinajstić information content (AvgIpc) is 2.71. The first-order valence-electron chi connectivity index (χ1n) is 7.18. The lowest BCUT2D eigenvalue weighted by Gasteiger charge is -2.30. The smallest absolute Gasteiger partial charge is 0.410 e. The predicted octanol–water partition coefficient (Wildman–Crippen LogP) is 3.82. The fraction of sp³-hybridized carbons (Fsp3) is 0.600. The Morgan fingerprint density at radius 3 is 2.64 bits per heavy atom. The van der Waals surface area contributed by atoms with Crippen LogP contribution in [0.3, 0.4) is 0 Å². The van der Waals surface area contributed by atoms with Crippen molar-refractivity contribution in [1.29, 1.82) is 0 Å². The molecule has 2 heterocycles. The third-order valence-corrected chi connectivity index (χ3v) is 5.35. The van der Waals surface area contributed by atoms with E-state index in [9.17, 15) is 9.59 Å². The molecule has 0 aliphatic carbocycles. The predicted molar refractivity (Wildman–Crippen MR) is 93.3 cm³/mol. The normalized spacial score (nSPS) is 14.5. The molecule has 0 bridgehead atoms. The molecule has 122 valence electrons. The third-order valence-electron chi connectivity index (χ3n) is 3.15. The number of thiophene rings is 1. The molecule has 2 rings (SSSR count). The van der Waals surface area contributed by atoms with E-state index >= 15 is 0 Å². The first-order valence-corrected chi connectivity index (χ1v) is 9.07.